The molecule has 156 valence electrons. The van der Waals surface area contributed by atoms with Crippen molar-refractivity contribution in [1.82, 2.24) is 15.0 Å². The molecular formula is C18H23F2N7O2. The minimum atomic E-state index is -2.95. The van der Waals surface area contributed by atoms with E-state index in [0.29, 0.717) is 24.4 Å². The van der Waals surface area contributed by atoms with E-state index in [0.717, 1.165) is 5.56 Å². The van der Waals surface area contributed by atoms with Crippen LogP contribution in [-0.4, -0.2) is 46.0 Å². The predicted octanol–water partition coefficient (Wildman–Crippen LogP) is 1.96. The van der Waals surface area contributed by atoms with Gasteiger partial charge in [0.1, 0.15) is 5.82 Å². The van der Waals surface area contributed by atoms with Crippen LogP contribution in [0.5, 0.6) is 5.88 Å². The second-order valence-corrected chi connectivity index (χ2v) is 6.92. The number of nitrogens with one attached hydrogen (secondary N) is 2. The lowest BCUT2D eigenvalue weighted by atomic mass is 9.87. The van der Waals surface area contributed by atoms with Gasteiger partial charge in [0.25, 0.3) is 11.8 Å². The topological polar surface area (TPSA) is 141 Å². The zero-order valence-corrected chi connectivity index (χ0v) is 16.1. The van der Waals surface area contributed by atoms with Crippen LogP contribution in [0.3, 0.4) is 0 Å². The molecule has 0 saturated heterocycles. The minimum absolute atomic E-state index is 0.0741. The first kappa shape index (κ1) is 20.6. The van der Waals surface area contributed by atoms with Crippen molar-refractivity contribution in [3.05, 3.63) is 29.7 Å². The fraction of sp³-hybridized carbons (Fsp3) is 0.444. The van der Waals surface area contributed by atoms with E-state index in [1.54, 1.807) is 13.0 Å². The highest BCUT2D eigenvalue weighted by atomic mass is 19.3. The minimum Gasteiger partial charge on any atom is -0.481 e. The Morgan fingerprint density at radius 3 is 2.76 bits per heavy atom. The van der Waals surface area contributed by atoms with Crippen molar-refractivity contribution in [1.29, 1.82) is 0 Å². The molecule has 1 aliphatic rings. The molecule has 0 aliphatic heterocycles. The summed E-state index contributed by atoms with van der Waals surface area (Å²) < 4.78 is 32.9. The highest BCUT2D eigenvalue weighted by Gasteiger charge is 2.44. The number of alkyl halides is 2. The maximum absolute atomic E-state index is 13.9. The van der Waals surface area contributed by atoms with Gasteiger partial charge < -0.3 is 26.8 Å². The number of nitrogens with zero attached hydrogens (tertiary/aromatic N) is 3. The fourth-order valence-corrected chi connectivity index (χ4v) is 3.26. The summed E-state index contributed by atoms with van der Waals surface area (Å²) in [5.74, 6) is -3.01. The Morgan fingerprint density at radius 1 is 1.34 bits per heavy atom. The Labute approximate surface area is 166 Å². The van der Waals surface area contributed by atoms with Gasteiger partial charge in [-0.25, -0.2) is 23.7 Å². The molecule has 0 radical (unpaired) electrons. The molecule has 0 bridgehead atoms. The number of ether oxygens (including phenoxy) is 1. The standard InChI is InChI=1S/C18H23F2N7O2/c1-9-6-10(7-24-17(9)29-2)25-16-13(15(22)28)23-8-12(27-16)26-11-4-3-5-18(19,20)14(11)21/h6-8,11,14H,3-5,21H2,1-2H3,(H2,22,28)(H2,25,26,27)/t11-,14-/m1/s1. The number of halogens is 2. The van der Waals surface area contributed by atoms with Gasteiger partial charge in [0.2, 0.25) is 5.88 Å². The van der Waals surface area contributed by atoms with Crippen LogP contribution in [-0.2, 0) is 0 Å². The van der Waals surface area contributed by atoms with E-state index in [1.165, 1.54) is 19.5 Å². The number of carbonyl (C=O) groups is 1. The van der Waals surface area contributed by atoms with Crippen molar-refractivity contribution in [3.8, 4) is 5.88 Å². The third-order valence-electron chi connectivity index (χ3n) is 4.77. The summed E-state index contributed by atoms with van der Waals surface area (Å²) in [5.41, 5.74) is 12.3. The molecule has 1 fully saturated rings. The zero-order valence-electron chi connectivity index (χ0n) is 16.1. The van der Waals surface area contributed by atoms with Crippen LogP contribution in [0.15, 0.2) is 18.5 Å². The molecule has 3 rings (SSSR count). The Hall–Kier alpha value is -3.08. The molecule has 29 heavy (non-hydrogen) atoms. The monoisotopic (exact) mass is 407 g/mol. The fourth-order valence-electron chi connectivity index (χ4n) is 3.26. The quantitative estimate of drug-likeness (QED) is 0.569. The molecule has 1 amide bonds. The highest BCUT2D eigenvalue weighted by molar-refractivity contribution is 5.96. The van der Waals surface area contributed by atoms with Crippen LogP contribution in [0.2, 0.25) is 0 Å². The van der Waals surface area contributed by atoms with Crippen LogP contribution in [0.4, 0.5) is 26.1 Å². The van der Waals surface area contributed by atoms with Crippen molar-refractivity contribution < 1.29 is 18.3 Å². The smallest absolute Gasteiger partial charge is 0.271 e. The first-order valence-corrected chi connectivity index (χ1v) is 9.05. The van der Waals surface area contributed by atoms with Gasteiger partial charge in [-0.15, -0.1) is 0 Å². The number of pyridine rings is 1. The van der Waals surface area contributed by atoms with E-state index in [1.807, 2.05) is 0 Å². The summed E-state index contributed by atoms with van der Waals surface area (Å²) in [7, 11) is 1.51. The molecule has 0 aromatic carbocycles. The Morgan fingerprint density at radius 2 is 2.10 bits per heavy atom. The molecule has 6 N–H and O–H groups in total. The molecule has 1 aliphatic carbocycles. The Balaban J connectivity index is 1.86. The largest absolute Gasteiger partial charge is 0.481 e. The molecule has 2 aromatic rings. The highest BCUT2D eigenvalue weighted by Crippen LogP contribution is 2.34. The maximum atomic E-state index is 13.9. The van der Waals surface area contributed by atoms with Crippen molar-refractivity contribution >= 4 is 23.2 Å². The van der Waals surface area contributed by atoms with E-state index >= 15 is 0 Å². The van der Waals surface area contributed by atoms with Gasteiger partial charge in [0.05, 0.1) is 31.2 Å². The number of anilines is 3. The summed E-state index contributed by atoms with van der Waals surface area (Å²) >= 11 is 0. The third-order valence-corrected chi connectivity index (χ3v) is 4.77. The number of methoxy groups -OCH3 is 1. The van der Waals surface area contributed by atoms with Crippen molar-refractivity contribution in [2.45, 2.75) is 44.2 Å². The second-order valence-electron chi connectivity index (χ2n) is 6.92. The molecule has 9 nitrogen and oxygen atoms in total. The van der Waals surface area contributed by atoms with Crippen molar-refractivity contribution in [2.24, 2.45) is 11.5 Å². The lowest BCUT2D eigenvalue weighted by Gasteiger charge is -2.36. The first-order chi connectivity index (χ1) is 13.7. The van der Waals surface area contributed by atoms with Crippen LogP contribution >= 0.6 is 0 Å². The number of carbonyl (C=O) groups excluding carboxylic acids is 1. The number of aromatic nitrogens is 3. The average molecular weight is 407 g/mol. The van der Waals surface area contributed by atoms with Crippen molar-refractivity contribution in [2.75, 3.05) is 17.7 Å². The zero-order chi connectivity index (χ0) is 21.2. The summed E-state index contributed by atoms with van der Waals surface area (Å²) in [6.07, 6.45) is 3.33. The predicted molar refractivity (Wildman–Crippen MR) is 104 cm³/mol. The Kier molecular flexibility index (Phi) is 5.78. The normalized spacial score (nSPS) is 20.7. The second kappa shape index (κ2) is 8.11. The van der Waals surface area contributed by atoms with Crippen LogP contribution in [0, 0.1) is 6.92 Å². The van der Waals surface area contributed by atoms with Crippen LogP contribution < -0.4 is 26.8 Å². The number of hydrogen-bond acceptors (Lipinski definition) is 8. The summed E-state index contributed by atoms with van der Waals surface area (Å²) in [6.45, 7) is 1.81. The number of primary amides is 1. The SMILES string of the molecule is COc1ncc(Nc2nc(N[C@@H]3CCCC(F)(F)[C@@H]3N)cnc2C(N)=O)cc1C. The van der Waals surface area contributed by atoms with Gasteiger partial charge in [-0.1, -0.05) is 0 Å². The average Bonchev–Trinajstić information content (AvgIpc) is 2.65. The number of nitrogens with two attached hydrogens (primary N) is 2. The van der Waals surface area contributed by atoms with Gasteiger partial charge in [0.15, 0.2) is 11.5 Å². The van der Waals surface area contributed by atoms with Gasteiger partial charge in [-0.05, 0) is 25.8 Å². The van der Waals surface area contributed by atoms with Gasteiger partial charge in [-0.2, -0.15) is 0 Å². The molecular weight excluding hydrogens is 384 g/mol. The van der Waals surface area contributed by atoms with Crippen LogP contribution in [0.1, 0.15) is 35.3 Å². The van der Waals surface area contributed by atoms with Gasteiger partial charge >= 0.3 is 0 Å². The molecule has 11 heteroatoms. The molecule has 2 heterocycles. The molecule has 0 spiro atoms. The summed E-state index contributed by atoms with van der Waals surface area (Å²) in [6, 6.07) is -0.278. The lowest BCUT2D eigenvalue weighted by molar-refractivity contribution is -0.0554. The molecule has 2 aromatic heterocycles. The van der Waals surface area contributed by atoms with Gasteiger partial charge in [-0.3, -0.25) is 4.79 Å². The summed E-state index contributed by atoms with van der Waals surface area (Å²) in [4.78, 5) is 24.2. The summed E-state index contributed by atoms with van der Waals surface area (Å²) in [5, 5.41) is 5.84. The Bertz CT molecular complexity index is 910. The number of hydrogen-bond donors (Lipinski definition) is 4. The lowest BCUT2D eigenvalue weighted by Crippen LogP contribution is -2.55. The van der Waals surface area contributed by atoms with Gasteiger partial charge in [0, 0.05) is 18.0 Å². The molecule has 2 atom stereocenters. The number of rotatable bonds is 6. The maximum Gasteiger partial charge on any atom is 0.271 e. The van der Waals surface area contributed by atoms with E-state index in [2.05, 4.69) is 25.6 Å². The van der Waals surface area contributed by atoms with E-state index in [9.17, 15) is 13.6 Å². The number of aryl methyl sites for hydroxylation is 1. The third kappa shape index (κ3) is 4.50. The number of amides is 1. The van der Waals surface area contributed by atoms with Crippen molar-refractivity contribution in [3.63, 3.8) is 0 Å². The molecule has 0 unspecified atom stereocenters. The van der Waals surface area contributed by atoms with E-state index < -0.39 is 23.9 Å². The first-order valence-electron chi connectivity index (χ1n) is 9.05. The van der Waals surface area contributed by atoms with E-state index in [4.69, 9.17) is 16.2 Å². The van der Waals surface area contributed by atoms with Crippen LogP contribution in [0.25, 0.3) is 0 Å². The van der Waals surface area contributed by atoms with E-state index in [-0.39, 0.29) is 23.8 Å². The molecule has 1 saturated carbocycles.